The van der Waals surface area contributed by atoms with Gasteiger partial charge in [-0.1, -0.05) is 20.8 Å². The number of aliphatic carboxylic acids is 1. The molecule has 2 aromatic rings. The van der Waals surface area contributed by atoms with Crippen LogP contribution in [-0.4, -0.2) is 29.6 Å². The van der Waals surface area contributed by atoms with Crippen LogP contribution in [0.2, 0.25) is 0 Å². The molecule has 1 aromatic heterocycles. The van der Waals surface area contributed by atoms with Gasteiger partial charge in [0.1, 0.15) is 17.4 Å². The Bertz CT molecular complexity index is 855. The molecule has 0 bridgehead atoms. The average molecular weight is 361 g/mol. The number of nitrogens with one attached hydrogen (secondary N) is 1. The molecule has 26 heavy (non-hydrogen) atoms. The van der Waals surface area contributed by atoms with Crippen LogP contribution in [0.4, 0.5) is 0 Å². The highest BCUT2D eigenvalue weighted by molar-refractivity contribution is 5.85. The third-order valence-electron chi connectivity index (χ3n) is 3.89. The molecule has 0 aliphatic rings. The largest absolute Gasteiger partial charge is 0.484 e. The average Bonchev–Trinajstić information content (AvgIpc) is 2.57. The summed E-state index contributed by atoms with van der Waals surface area (Å²) in [5, 5.41) is 12.4. The molecule has 140 valence electrons. The SMILES string of the molecule is CCc1cc(=O)oc2cc(OCC(=O)N[C@@H](CC(C)C)C(=O)O)ccc12. The number of carbonyl (C=O) groups excluding carboxylic acids is 1. The molecule has 0 spiro atoms. The first kappa shape index (κ1) is 19.5. The van der Waals surface area contributed by atoms with Crippen LogP contribution in [-0.2, 0) is 16.0 Å². The van der Waals surface area contributed by atoms with Crippen LogP contribution in [0.3, 0.4) is 0 Å². The highest BCUT2D eigenvalue weighted by atomic mass is 16.5. The third kappa shape index (κ3) is 5.08. The van der Waals surface area contributed by atoms with Gasteiger partial charge in [0.25, 0.3) is 5.91 Å². The number of amides is 1. The topological polar surface area (TPSA) is 106 Å². The van der Waals surface area contributed by atoms with Crippen molar-refractivity contribution in [3.8, 4) is 5.75 Å². The minimum Gasteiger partial charge on any atom is -0.484 e. The molecule has 7 nitrogen and oxygen atoms in total. The predicted octanol–water partition coefficient (Wildman–Crippen LogP) is 2.35. The van der Waals surface area contributed by atoms with E-state index in [2.05, 4.69) is 5.32 Å². The summed E-state index contributed by atoms with van der Waals surface area (Å²) in [5.74, 6) is -1.11. The highest BCUT2D eigenvalue weighted by Gasteiger charge is 2.21. The summed E-state index contributed by atoms with van der Waals surface area (Å²) < 4.78 is 10.6. The number of fused-ring (bicyclic) bond motifs is 1. The first-order valence-electron chi connectivity index (χ1n) is 8.52. The fourth-order valence-electron chi connectivity index (χ4n) is 2.67. The second-order valence-corrected chi connectivity index (χ2v) is 6.48. The maximum absolute atomic E-state index is 12.0. The molecule has 0 saturated carbocycles. The Morgan fingerprint density at radius 1 is 1.27 bits per heavy atom. The molecule has 0 saturated heterocycles. The second-order valence-electron chi connectivity index (χ2n) is 6.48. The molecule has 0 aliphatic heterocycles. The molecule has 1 atom stereocenters. The van der Waals surface area contributed by atoms with Crippen LogP contribution in [0.25, 0.3) is 11.0 Å². The van der Waals surface area contributed by atoms with E-state index in [1.54, 1.807) is 18.2 Å². The Hall–Kier alpha value is -2.83. The number of aryl methyl sites for hydroxylation is 1. The van der Waals surface area contributed by atoms with E-state index in [1.165, 1.54) is 6.07 Å². The summed E-state index contributed by atoms with van der Waals surface area (Å²) in [5.41, 5.74) is 0.816. The lowest BCUT2D eigenvalue weighted by Crippen LogP contribution is -2.43. The molecule has 2 N–H and O–H groups in total. The van der Waals surface area contributed by atoms with E-state index in [-0.39, 0.29) is 12.5 Å². The summed E-state index contributed by atoms with van der Waals surface area (Å²) in [6, 6.07) is 5.50. The Labute approximate surface area is 151 Å². The summed E-state index contributed by atoms with van der Waals surface area (Å²) in [6.07, 6.45) is 1.03. The lowest BCUT2D eigenvalue weighted by molar-refractivity contribution is -0.142. The number of ether oxygens (including phenoxy) is 1. The van der Waals surface area contributed by atoms with Crippen LogP contribution in [0.5, 0.6) is 5.75 Å². The summed E-state index contributed by atoms with van der Waals surface area (Å²) in [7, 11) is 0. The van der Waals surface area contributed by atoms with E-state index in [1.807, 2.05) is 20.8 Å². The van der Waals surface area contributed by atoms with Gasteiger partial charge >= 0.3 is 11.6 Å². The molecule has 0 fully saturated rings. The van der Waals surface area contributed by atoms with Crippen molar-refractivity contribution in [2.24, 2.45) is 5.92 Å². The van der Waals surface area contributed by atoms with Crippen LogP contribution in [0, 0.1) is 5.92 Å². The van der Waals surface area contributed by atoms with E-state index < -0.39 is 23.5 Å². The van der Waals surface area contributed by atoms with Crippen LogP contribution in [0.15, 0.2) is 33.5 Å². The van der Waals surface area contributed by atoms with E-state index >= 15 is 0 Å². The predicted molar refractivity (Wildman–Crippen MR) is 96.4 cm³/mol. The van der Waals surface area contributed by atoms with Crippen molar-refractivity contribution in [1.29, 1.82) is 0 Å². The molecule has 0 radical (unpaired) electrons. The third-order valence-corrected chi connectivity index (χ3v) is 3.89. The Morgan fingerprint density at radius 2 is 2.00 bits per heavy atom. The lowest BCUT2D eigenvalue weighted by atomic mass is 10.0. The molecular weight excluding hydrogens is 338 g/mol. The van der Waals surface area contributed by atoms with Crippen LogP contribution in [0.1, 0.15) is 32.8 Å². The maximum atomic E-state index is 12.0. The molecule has 1 heterocycles. The van der Waals surface area contributed by atoms with Crippen molar-refractivity contribution in [3.05, 3.63) is 40.2 Å². The van der Waals surface area contributed by atoms with Crippen molar-refractivity contribution in [2.45, 2.75) is 39.7 Å². The number of hydrogen-bond acceptors (Lipinski definition) is 5. The molecule has 1 amide bonds. The van der Waals surface area contributed by atoms with Gasteiger partial charge in [0.05, 0.1) is 0 Å². The van der Waals surface area contributed by atoms with Gasteiger partial charge in [0.15, 0.2) is 6.61 Å². The smallest absolute Gasteiger partial charge is 0.336 e. The Morgan fingerprint density at radius 3 is 2.62 bits per heavy atom. The first-order valence-corrected chi connectivity index (χ1v) is 8.52. The van der Waals surface area contributed by atoms with Crippen molar-refractivity contribution in [1.82, 2.24) is 5.32 Å². The monoisotopic (exact) mass is 361 g/mol. The van der Waals surface area contributed by atoms with Crippen molar-refractivity contribution < 1.29 is 23.8 Å². The zero-order valence-electron chi connectivity index (χ0n) is 15.1. The molecule has 0 unspecified atom stereocenters. The quantitative estimate of drug-likeness (QED) is 0.699. The van der Waals surface area contributed by atoms with Crippen molar-refractivity contribution in [2.75, 3.05) is 6.61 Å². The molecule has 1 aromatic carbocycles. The molecule has 7 heteroatoms. The highest BCUT2D eigenvalue weighted by Crippen LogP contribution is 2.23. The number of rotatable bonds is 8. The number of hydrogen-bond donors (Lipinski definition) is 2. The van der Waals surface area contributed by atoms with Crippen LogP contribution >= 0.6 is 0 Å². The van der Waals surface area contributed by atoms with E-state index in [0.29, 0.717) is 24.2 Å². The summed E-state index contributed by atoms with van der Waals surface area (Å²) >= 11 is 0. The van der Waals surface area contributed by atoms with Crippen LogP contribution < -0.4 is 15.7 Å². The van der Waals surface area contributed by atoms with Gasteiger partial charge in [-0.3, -0.25) is 4.79 Å². The van der Waals surface area contributed by atoms with Gasteiger partial charge in [0.2, 0.25) is 0 Å². The van der Waals surface area contributed by atoms with Gasteiger partial charge in [-0.2, -0.15) is 0 Å². The lowest BCUT2D eigenvalue weighted by Gasteiger charge is -2.16. The fraction of sp³-hybridized carbons (Fsp3) is 0.421. The Balaban J connectivity index is 2.06. The van der Waals surface area contributed by atoms with Gasteiger partial charge < -0.3 is 19.6 Å². The summed E-state index contributed by atoms with van der Waals surface area (Å²) in [4.78, 5) is 34.7. The minimum absolute atomic E-state index is 0.133. The number of carbonyl (C=O) groups is 2. The van der Waals surface area contributed by atoms with E-state index in [0.717, 1.165) is 10.9 Å². The van der Waals surface area contributed by atoms with Crippen molar-refractivity contribution in [3.63, 3.8) is 0 Å². The van der Waals surface area contributed by atoms with E-state index in [9.17, 15) is 14.4 Å². The zero-order valence-corrected chi connectivity index (χ0v) is 15.1. The molecule has 2 rings (SSSR count). The van der Waals surface area contributed by atoms with E-state index in [4.69, 9.17) is 14.3 Å². The van der Waals surface area contributed by atoms with Gasteiger partial charge in [-0.25, -0.2) is 9.59 Å². The van der Waals surface area contributed by atoms with Crippen molar-refractivity contribution >= 4 is 22.8 Å². The fourth-order valence-corrected chi connectivity index (χ4v) is 2.67. The molecule has 0 aliphatic carbocycles. The summed E-state index contributed by atoms with van der Waals surface area (Å²) in [6.45, 7) is 5.38. The standard InChI is InChI=1S/C19H23NO6/c1-4-12-8-18(22)26-16-9-13(5-6-14(12)16)25-10-17(21)20-15(19(23)24)7-11(2)3/h5-6,8-9,11,15H,4,7,10H2,1-3H3,(H,20,21)(H,23,24)/t15-/m0/s1. The van der Waals surface area contributed by atoms with Gasteiger partial charge in [-0.05, 0) is 36.5 Å². The number of carboxylic acids is 1. The minimum atomic E-state index is -1.08. The zero-order chi connectivity index (χ0) is 19.3. The van der Waals surface area contributed by atoms with Gasteiger partial charge in [0, 0.05) is 17.5 Å². The first-order chi connectivity index (χ1) is 12.3. The normalized spacial score (nSPS) is 12.2. The Kier molecular flexibility index (Phi) is 6.38. The maximum Gasteiger partial charge on any atom is 0.336 e. The second kappa shape index (κ2) is 8.51. The number of carboxylic acid groups (broad SMARTS) is 1. The van der Waals surface area contributed by atoms with Gasteiger partial charge in [-0.15, -0.1) is 0 Å². The molecular formula is C19H23NO6. The number of benzene rings is 1.